The fraction of sp³-hybridized carbons (Fsp3) is 0.667. The van der Waals surface area contributed by atoms with E-state index >= 15 is 0 Å². The molecule has 0 atom stereocenters. The third kappa shape index (κ3) is 11.8. The van der Waals surface area contributed by atoms with Crippen molar-refractivity contribution in [3.05, 3.63) is 12.2 Å². The van der Waals surface area contributed by atoms with Crippen molar-refractivity contribution >= 4 is 23.8 Å². The first-order valence-corrected chi connectivity index (χ1v) is 9.40. The summed E-state index contributed by atoms with van der Waals surface area (Å²) < 4.78 is 20.2. The van der Waals surface area contributed by atoms with Crippen LogP contribution in [0.1, 0.15) is 12.8 Å². The Hall–Kier alpha value is -2.50. The molecule has 1 heterocycles. The standard InChI is InChI=1S/C18H29N3O8/c1-26-11-14-29-18(25)20-7-10-28-13-12-27-9-6-19-15(22)3-2-8-21-16(23)4-5-17(21)24/h4-5H,2-3,6-14H2,1H3,(H,19,22)(H,20,25). The maximum atomic E-state index is 11.7. The van der Waals surface area contributed by atoms with Gasteiger partial charge in [-0.3, -0.25) is 19.3 Å². The summed E-state index contributed by atoms with van der Waals surface area (Å²) in [7, 11) is 1.52. The fourth-order valence-corrected chi connectivity index (χ4v) is 2.22. The second-order valence-electron chi connectivity index (χ2n) is 5.90. The highest BCUT2D eigenvalue weighted by atomic mass is 16.6. The fourth-order valence-electron chi connectivity index (χ4n) is 2.22. The topological polar surface area (TPSA) is 132 Å². The molecule has 0 aliphatic carbocycles. The molecular formula is C18H29N3O8. The number of hydrogen-bond acceptors (Lipinski definition) is 8. The van der Waals surface area contributed by atoms with Gasteiger partial charge in [0, 0.05) is 45.3 Å². The van der Waals surface area contributed by atoms with Crippen molar-refractivity contribution in [2.75, 3.05) is 66.4 Å². The zero-order valence-corrected chi connectivity index (χ0v) is 16.6. The Labute approximate surface area is 169 Å². The molecule has 0 fully saturated rings. The highest BCUT2D eigenvalue weighted by Gasteiger charge is 2.22. The molecule has 164 valence electrons. The molecule has 1 aliphatic rings. The number of methoxy groups -OCH3 is 1. The predicted molar refractivity (Wildman–Crippen MR) is 101 cm³/mol. The zero-order valence-electron chi connectivity index (χ0n) is 16.6. The van der Waals surface area contributed by atoms with E-state index in [2.05, 4.69) is 10.6 Å². The van der Waals surface area contributed by atoms with Crippen molar-refractivity contribution in [2.45, 2.75) is 12.8 Å². The lowest BCUT2D eigenvalue weighted by Crippen LogP contribution is -2.32. The van der Waals surface area contributed by atoms with E-state index in [1.807, 2.05) is 0 Å². The normalized spacial score (nSPS) is 13.1. The first kappa shape index (κ1) is 24.5. The lowest BCUT2D eigenvalue weighted by atomic mass is 10.3. The Kier molecular flexibility index (Phi) is 13.1. The number of nitrogens with one attached hydrogen (secondary N) is 2. The Morgan fingerprint density at radius 3 is 2.14 bits per heavy atom. The van der Waals surface area contributed by atoms with E-state index in [1.165, 1.54) is 19.3 Å². The van der Waals surface area contributed by atoms with E-state index in [9.17, 15) is 19.2 Å². The molecule has 0 aromatic rings. The number of alkyl carbamates (subject to hydrolysis) is 1. The third-order valence-electron chi connectivity index (χ3n) is 3.66. The Balaban J connectivity index is 1.84. The molecule has 4 amide bonds. The summed E-state index contributed by atoms with van der Waals surface area (Å²) in [6.07, 6.45) is 2.55. The molecule has 11 nitrogen and oxygen atoms in total. The molecule has 0 aromatic carbocycles. The van der Waals surface area contributed by atoms with Crippen molar-refractivity contribution in [1.29, 1.82) is 0 Å². The summed E-state index contributed by atoms with van der Waals surface area (Å²) in [6, 6.07) is 0. The molecule has 0 aromatic heterocycles. The second kappa shape index (κ2) is 15.4. The minimum atomic E-state index is -0.520. The van der Waals surface area contributed by atoms with Gasteiger partial charge in [0.25, 0.3) is 11.8 Å². The summed E-state index contributed by atoms with van der Waals surface area (Å²) in [5, 5.41) is 5.23. The van der Waals surface area contributed by atoms with Crippen LogP contribution in [0.4, 0.5) is 4.79 Å². The summed E-state index contributed by atoms with van der Waals surface area (Å²) in [6.45, 7) is 2.85. The van der Waals surface area contributed by atoms with Crippen LogP contribution in [0, 0.1) is 0 Å². The predicted octanol–water partition coefficient (Wildman–Crippen LogP) is -0.786. The van der Waals surface area contributed by atoms with E-state index in [1.54, 1.807) is 0 Å². The SMILES string of the molecule is COCCOC(=O)NCCOCCOCCNC(=O)CCCN1C(=O)C=CC1=O. The molecule has 1 aliphatic heterocycles. The van der Waals surface area contributed by atoms with Crippen LogP contribution in [0.5, 0.6) is 0 Å². The van der Waals surface area contributed by atoms with Crippen LogP contribution < -0.4 is 10.6 Å². The first-order chi connectivity index (χ1) is 14.0. The maximum Gasteiger partial charge on any atom is 0.407 e. The van der Waals surface area contributed by atoms with Gasteiger partial charge in [0.1, 0.15) is 6.61 Å². The van der Waals surface area contributed by atoms with Gasteiger partial charge in [0.15, 0.2) is 0 Å². The zero-order chi connectivity index (χ0) is 21.3. The van der Waals surface area contributed by atoms with Gasteiger partial charge in [-0.1, -0.05) is 0 Å². The first-order valence-electron chi connectivity index (χ1n) is 9.40. The molecule has 1 rings (SSSR count). The number of ether oxygens (including phenoxy) is 4. The molecule has 0 radical (unpaired) electrons. The highest BCUT2D eigenvalue weighted by Crippen LogP contribution is 2.05. The molecular weight excluding hydrogens is 386 g/mol. The molecule has 0 unspecified atom stereocenters. The molecule has 11 heteroatoms. The van der Waals surface area contributed by atoms with Gasteiger partial charge >= 0.3 is 6.09 Å². The van der Waals surface area contributed by atoms with E-state index < -0.39 is 6.09 Å². The summed E-state index contributed by atoms with van der Waals surface area (Å²) in [4.78, 5) is 46.7. The Morgan fingerprint density at radius 1 is 0.897 bits per heavy atom. The number of rotatable bonds is 16. The Morgan fingerprint density at radius 2 is 1.52 bits per heavy atom. The van der Waals surface area contributed by atoms with Crippen LogP contribution in [0.3, 0.4) is 0 Å². The minimum absolute atomic E-state index is 0.166. The van der Waals surface area contributed by atoms with Crippen LogP contribution in [-0.4, -0.2) is 95.1 Å². The monoisotopic (exact) mass is 415 g/mol. The third-order valence-corrected chi connectivity index (χ3v) is 3.66. The smallest absolute Gasteiger partial charge is 0.407 e. The van der Waals surface area contributed by atoms with Crippen molar-refractivity contribution in [2.24, 2.45) is 0 Å². The molecule has 0 saturated heterocycles. The van der Waals surface area contributed by atoms with Crippen molar-refractivity contribution in [1.82, 2.24) is 15.5 Å². The average Bonchev–Trinajstić information content (AvgIpc) is 3.01. The molecule has 29 heavy (non-hydrogen) atoms. The second-order valence-corrected chi connectivity index (χ2v) is 5.90. The van der Waals surface area contributed by atoms with E-state index in [-0.39, 0.29) is 37.3 Å². The lowest BCUT2D eigenvalue weighted by Gasteiger charge is -2.13. The molecule has 0 spiro atoms. The van der Waals surface area contributed by atoms with Crippen LogP contribution in [0.2, 0.25) is 0 Å². The van der Waals surface area contributed by atoms with Gasteiger partial charge < -0.3 is 29.6 Å². The highest BCUT2D eigenvalue weighted by molar-refractivity contribution is 6.12. The van der Waals surface area contributed by atoms with Crippen LogP contribution in [0.25, 0.3) is 0 Å². The average molecular weight is 415 g/mol. The number of nitrogens with zero attached hydrogens (tertiary/aromatic N) is 1. The van der Waals surface area contributed by atoms with Gasteiger partial charge in [-0.05, 0) is 6.42 Å². The summed E-state index contributed by atoms with van der Waals surface area (Å²) in [5.41, 5.74) is 0. The molecule has 0 bridgehead atoms. The number of hydrogen-bond donors (Lipinski definition) is 2. The van der Waals surface area contributed by atoms with E-state index in [0.29, 0.717) is 52.5 Å². The maximum absolute atomic E-state index is 11.7. The van der Waals surface area contributed by atoms with Gasteiger partial charge in [-0.15, -0.1) is 0 Å². The van der Waals surface area contributed by atoms with Crippen LogP contribution in [-0.2, 0) is 33.3 Å². The largest absolute Gasteiger partial charge is 0.447 e. The summed E-state index contributed by atoms with van der Waals surface area (Å²) in [5.74, 6) is -0.854. The van der Waals surface area contributed by atoms with Crippen molar-refractivity contribution < 1.29 is 38.1 Å². The summed E-state index contributed by atoms with van der Waals surface area (Å²) >= 11 is 0. The van der Waals surface area contributed by atoms with Crippen molar-refractivity contribution in [3.63, 3.8) is 0 Å². The molecule has 2 N–H and O–H groups in total. The number of amides is 4. The van der Waals surface area contributed by atoms with Gasteiger partial charge in [-0.2, -0.15) is 0 Å². The van der Waals surface area contributed by atoms with Crippen molar-refractivity contribution in [3.8, 4) is 0 Å². The van der Waals surface area contributed by atoms with Gasteiger partial charge in [0.2, 0.25) is 5.91 Å². The lowest BCUT2D eigenvalue weighted by molar-refractivity contribution is -0.137. The van der Waals surface area contributed by atoms with Gasteiger partial charge in [-0.25, -0.2) is 4.79 Å². The quantitative estimate of drug-likeness (QED) is 0.248. The van der Waals surface area contributed by atoms with Crippen LogP contribution in [0.15, 0.2) is 12.2 Å². The van der Waals surface area contributed by atoms with Crippen LogP contribution >= 0.6 is 0 Å². The number of carbonyl (C=O) groups is 4. The van der Waals surface area contributed by atoms with E-state index in [4.69, 9.17) is 18.9 Å². The number of carbonyl (C=O) groups excluding carboxylic acids is 4. The van der Waals surface area contributed by atoms with E-state index in [0.717, 1.165) is 4.90 Å². The van der Waals surface area contributed by atoms with Gasteiger partial charge in [0.05, 0.1) is 33.0 Å². The Bertz CT molecular complexity index is 549. The molecule has 0 saturated carbocycles. The minimum Gasteiger partial charge on any atom is -0.447 e. The number of imide groups is 1.